The van der Waals surface area contributed by atoms with E-state index in [9.17, 15) is 9.18 Å². The molecule has 0 aliphatic heterocycles. The second kappa shape index (κ2) is 5.82. The summed E-state index contributed by atoms with van der Waals surface area (Å²) in [6.07, 6.45) is -0.220. The average Bonchev–Trinajstić information content (AvgIpc) is 3.21. The number of aliphatic carboxylic acids is 1. The van der Waals surface area contributed by atoms with E-state index in [4.69, 9.17) is 5.11 Å². The number of aromatic nitrogens is 5. The van der Waals surface area contributed by atoms with Crippen LogP contribution in [0.15, 0.2) is 42.5 Å². The average molecular weight is 337 g/mol. The first-order valence-corrected chi connectivity index (χ1v) is 7.47. The third-order valence-corrected chi connectivity index (χ3v) is 3.79. The Morgan fingerprint density at radius 2 is 1.80 bits per heavy atom. The van der Waals surface area contributed by atoms with E-state index in [0.717, 1.165) is 22.0 Å². The summed E-state index contributed by atoms with van der Waals surface area (Å²) in [5, 5.41) is 23.6. The quantitative estimate of drug-likeness (QED) is 0.531. The van der Waals surface area contributed by atoms with Crippen LogP contribution in [0.4, 0.5) is 4.39 Å². The normalized spacial score (nSPS) is 11.1. The lowest BCUT2D eigenvalue weighted by molar-refractivity contribution is -0.136. The van der Waals surface area contributed by atoms with Crippen LogP contribution in [-0.4, -0.2) is 36.5 Å². The topological polar surface area (TPSA) is 108 Å². The Bertz CT molecular complexity index is 1070. The highest BCUT2D eigenvalue weighted by Gasteiger charge is 2.13. The van der Waals surface area contributed by atoms with Crippen molar-refractivity contribution >= 4 is 16.9 Å². The standard InChI is InChI=1S/C17H12FN5O2/c18-11-4-1-9(2-5-11)16-12-7-10(3-6-13(12)20-22-16)17-19-14(21-23-17)8-15(24)25/h1-7H,8H2,(H,20,22)(H,24,25)(H,19,21,23). The number of carboxylic acid groups (broad SMARTS) is 1. The van der Waals surface area contributed by atoms with Gasteiger partial charge in [0, 0.05) is 16.5 Å². The molecule has 0 saturated heterocycles. The third kappa shape index (κ3) is 2.85. The van der Waals surface area contributed by atoms with Crippen molar-refractivity contribution in [2.75, 3.05) is 0 Å². The monoisotopic (exact) mass is 337 g/mol. The lowest BCUT2D eigenvalue weighted by atomic mass is 10.1. The van der Waals surface area contributed by atoms with Crippen molar-refractivity contribution in [1.29, 1.82) is 0 Å². The van der Waals surface area contributed by atoms with Gasteiger partial charge in [-0.05, 0) is 42.5 Å². The molecule has 124 valence electrons. The molecule has 0 spiro atoms. The maximum atomic E-state index is 13.1. The van der Waals surface area contributed by atoms with Crippen molar-refractivity contribution in [3.8, 4) is 22.6 Å². The van der Waals surface area contributed by atoms with Crippen LogP contribution in [-0.2, 0) is 11.2 Å². The lowest BCUT2D eigenvalue weighted by Crippen LogP contribution is -2.01. The number of carboxylic acids is 1. The van der Waals surface area contributed by atoms with Crippen LogP contribution in [0.5, 0.6) is 0 Å². The molecule has 8 heteroatoms. The fourth-order valence-corrected chi connectivity index (χ4v) is 2.63. The number of rotatable bonds is 4. The Balaban J connectivity index is 1.76. The smallest absolute Gasteiger partial charge is 0.311 e. The predicted molar refractivity (Wildman–Crippen MR) is 88.2 cm³/mol. The fraction of sp³-hybridized carbons (Fsp3) is 0.0588. The van der Waals surface area contributed by atoms with Gasteiger partial charge in [-0.1, -0.05) is 0 Å². The molecule has 0 bridgehead atoms. The number of nitrogens with one attached hydrogen (secondary N) is 2. The Labute approximate surface area is 140 Å². The maximum Gasteiger partial charge on any atom is 0.311 e. The Morgan fingerprint density at radius 3 is 2.56 bits per heavy atom. The summed E-state index contributed by atoms with van der Waals surface area (Å²) in [5.41, 5.74) is 3.03. The van der Waals surface area contributed by atoms with Gasteiger partial charge in [-0.15, -0.1) is 0 Å². The second-order valence-electron chi connectivity index (χ2n) is 5.52. The van der Waals surface area contributed by atoms with E-state index in [0.29, 0.717) is 11.5 Å². The summed E-state index contributed by atoms with van der Waals surface area (Å²) in [5.74, 6) is -0.597. The summed E-state index contributed by atoms with van der Waals surface area (Å²) in [6.45, 7) is 0. The van der Waals surface area contributed by atoms with Crippen LogP contribution < -0.4 is 0 Å². The third-order valence-electron chi connectivity index (χ3n) is 3.79. The zero-order valence-electron chi connectivity index (χ0n) is 12.8. The highest BCUT2D eigenvalue weighted by atomic mass is 19.1. The molecule has 0 unspecified atom stereocenters. The van der Waals surface area contributed by atoms with Gasteiger partial charge in [-0.2, -0.15) is 10.2 Å². The first kappa shape index (κ1) is 15.0. The first-order valence-electron chi connectivity index (χ1n) is 7.47. The summed E-state index contributed by atoms with van der Waals surface area (Å²) < 4.78 is 13.1. The van der Waals surface area contributed by atoms with Crippen molar-refractivity contribution in [2.24, 2.45) is 0 Å². The minimum Gasteiger partial charge on any atom is -0.481 e. The number of nitrogens with zero attached hydrogens (tertiary/aromatic N) is 3. The summed E-state index contributed by atoms with van der Waals surface area (Å²) in [7, 11) is 0. The molecule has 4 rings (SSSR count). The highest BCUT2D eigenvalue weighted by Crippen LogP contribution is 2.29. The number of H-pyrrole nitrogens is 2. The van der Waals surface area contributed by atoms with E-state index in [-0.39, 0.29) is 18.1 Å². The Morgan fingerprint density at radius 1 is 1.04 bits per heavy atom. The van der Waals surface area contributed by atoms with Crippen molar-refractivity contribution in [3.05, 3.63) is 54.1 Å². The van der Waals surface area contributed by atoms with E-state index in [2.05, 4.69) is 25.4 Å². The van der Waals surface area contributed by atoms with Gasteiger partial charge in [0.15, 0.2) is 5.82 Å². The van der Waals surface area contributed by atoms with Crippen LogP contribution in [0.25, 0.3) is 33.5 Å². The van der Waals surface area contributed by atoms with E-state index in [1.807, 2.05) is 18.2 Å². The largest absolute Gasteiger partial charge is 0.481 e. The minimum absolute atomic E-state index is 0.220. The van der Waals surface area contributed by atoms with Gasteiger partial charge in [0.1, 0.15) is 18.1 Å². The molecular weight excluding hydrogens is 325 g/mol. The second-order valence-corrected chi connectivity index (χ2v) is 5.52. The van der Waals surface area contributed by atoms with Crippen LogP contribution in [0.2, 0.25) is 0 Å². The highest BCUT2D eigenvalue weighted by molar-refractivity contribution is 5.95. The molecule has 4 aromatic rings. The van der Waals surface area contributed by atoms with Gasteiger partial charge in [-0.3, -0.25) is 15.0 Å². The van der Waals surface area contributed by atoms with Gasteiger partial charge >= 0.3 is 5.97 Å². The molecule has 0 radical (unpaired) electrons. The van der Waals surface area contributed by atoms with Crippen molar-refractivity contribution in [2.45, 2.75) is 6.42 Å². The predicted octanol–water partition coefficient (Wildman–Crippen LogP) is 2.78. The molecule has 3 N–H and O–H groups in total. The molecule has 0 fully saturated rings. The number of carbonyl (C=O) groups is 1. The van der Waals surface area contributed by atoms with E-state index >= 15 is 0 Å². The number of hydrogen-bond donors (Lipinski definition) is 3. The molecule has 0 aliphatic rings. The Kier molecular flexibility index (Phi) is 3.50. The molecule has 0 atom stereocenters. The van der Waals surface area contributed by atoms with Crippen molar-refractivity contribution in [3.63, 3.8) is 0 Å². The van der Waals surface area contributed by atoms with Gasteiger partial charge in [-0.25, -0.2) is 9.37 Å². The van der Waals surface area contributed by atoms with E-state index in [1.54, 1.807) is 12.1 Å². The van der Waals surface area contributed by atoms with Gasteiger partial charge in [0.25, 0.3) is 0 Å². The van der Waals surface area contributed by atoms with Crippen LogP contribution >= 0.6 is 0 Å². The molecule has 2 heterocycles. The Hall–Kier alpha value is -3.55. The number of aromatic amines is 2. The molecule has 25 heavy (non-hydrogen) atoms. The summed E-state index contributed by atoms with van der Waals surface area (Å²) >= 11 is 0. The first-order chi connectivity index (χ1) is 12.1. The van der Waals surface area contributed by atoms with E-state index < -0.39 is 5.97 Å². The number of fused-ring (bicyclic) bond motifs is 1. The lowest BCUT2D eigenvalue weighted by Gasteiger charge is -2.00. The number of hydrogen-bond acceptors (Lipinski definition) is 4. The molecular formula is C17H12FN5O2. The SMILES string of the molecule is O=C(O)Cc1nc(-c2ccc3[nH]nc(-c4ccc(F)cc4)c3c2)n[nH]1. The maximum absolute atomic E-state index is 13.1. The summed E-state index contributed by atoms with van der Waals surface area (Å²) in [4.78, 5) is 15.0. The van der Waals surface area contributed by atoms with Crippen LogP contribution in [0, 0.1) is 5.82 Å². The van der Waals surface area contributed by atoms with Gasteiger partial charge in [0.05, 0.1) is 11.2 Å². The van der Waals surface area contributed by atoms with Crippen LogP contribution in [0.1, 0.15) is 5.82 Å². The van der Waals surface area contributed by atoms with Gasteiger partial charge in [0.2, 0.25) is 0 Å². The molecule has 0 amide bonds. The molecule has 7 nitrogen and oxygen atoms in total. The van der Waals surface area contributed by atoms with E-state index in [1.165, 1.54) is 12.1 Å². The zero-order chi connectivity index (χ0) is 17.4. The number of benzene rings is 2. The molecule has 0 aliphatic carbocycles. The molecule has 2 aromatic heterocycles. The number of halogens is 1. The molecule has 2 aromatic carbocycles. The molecule has 0 saturated carbocycles. The van der Waals surface area contributed by atoms with Gasteiger partial charge < -0.3 is 5.11 Å². The van der Waals surface area contributed by atoms with Crippen molar-refractivity contribution in [1.82, 2.24) is 25.4 Å². The zero-order valence-corrected chi connectivity index (χ0v) is 12.8. The van der Waals surface area contributed by atoms with Crippen LogP contribution in [0.3, 0.4) is 0 Å². The minimum atomic E-state index is -0.980. The summed E-state index contributed by atoms with van der Waals surface area (Å²) in [6, 6.07) is 11.6. The van der Waals surface area contributed by atoms with Crippen molar-refractivity contribution < 1.29 is 14.3 Å². The fourth-order valence-electron chi connectivity index (χ4n) is 2.63.